The van der Waals surface area contributed by atoms with Gasteiger partial charge in [0.1, 0.15) is 0 Å². The maximum atomic E-state index is 11.6. The maximum Gasteiger partial charge on any atom is 0.220 e. The number of carbonyl (C=O) groups is 2. The normalized spacial score (nSPS) is 21.8. The van der Waals surface area contributed by atoms with Gasteiger partial charge >= 0.3 is 0 Å². The van der Waals surface area contributed by atoms with Crippen molar-refractivity contribution < 1.29 is 9.59 Å². The van der Waals surface area contributed by atoms with Crippen molar-refractivity contribution in [1.29, 1.82) is 0 Å². The van der Waals surface area contributed by atoms with Crippen LogP contribution in [0.4, 0.5) is 0 Å². The fourth-order valence-electron chi connectivity index (χ4n) is 2.22. The molecule has 1 aliphatic rings. The molecule has 1 rings (SSSR count). The van der Waals surface area contributed by atoms with Crippen LogP contribution in [0.2, 0.25) is 0 Å². The fourth-order valence-corrected chi connectivity index (χ4v) is 2.22. The molecule has 1 heterocycles. The average molecular weight is 241 g/mol. The van der Waals surface area contributed by atoms with Crippen molar-refractivity contribution in [2.45, 2.75) is 32.6 Å². The number of carbonyl (C=O) groups excluding carboxylic acids is 2. The van der Waals surface area contributed by atoms with E-state index in [2.05, 4.69) is 17.6 Å². The average Bonchev–Trinajstić information content (AvgIpc) is 2.29. The van der Waals surface area contributed by atoms with Crippen LogP contribution >= 0.6 is 0 Å². The molecule has 2 atom stereocenters. The van der Waals surface area contributed by atoms with Crippen molar-refractivity contribution in [2.24, 2.45) is 17.6 Å². The quantitative estimate of drug-likeness (QED) is 0.612. The van der Waals surface area contributed by atoms with Crippen LogP contribution in [-0.2, 0) is 9.59 Å². The molecular weight excluding hydrogens is 218 g/mol. The van der Waals surface area contributed by atoms with E-state index in [1.165, 1.54) is 12.8 Å². The van der Waals surface area contributed by atoms with Gasteiger partial charge in [0.25, 0.3) is 0 Å². The van der Waals surface area contributed by atoms with E-state index in [4.69, 9.17) is 5.73 Å². The zero-order chi connectivity index (χ0) is 12.7. The number of amides is 2. The van der Waals surface area contributed by atoms with Gasteiger partial charge in [-0.15, -0.1) is 0 Å². The largest absolute Gasteiger partial charge is 0.370 e. The zero-order valence-corrected chi connectivity index (χ0v) is 10.5. The Balaban J connectivity index is 2.18. The van der Waals surface area contributed by atoms with E-state index >= 15 is 0 Å². The lowest BCUT2D eigenvalue weighted by atomic mass is 9.85. The topological polar surface area (TPSA) is 84.2 Å². The van der Waals surface area contributed by atoms with Gasteiger partial charge < -0.3 is 16.4 Å². The molecule has 0 saturated carbocycles. The fraction of sp³-hybridized carbons (Fsp3) is 0.833. The summed E-state index contributed by atoms with van der Waals surface area (Å²) in [5.41, 5.74) is 5.00. The molecule has 1 saturated heterocycles. The van der Waals surface area contributed by atoms with Crippen LogP contribution in [0.25, 0.3) is 0 Å². The number of primary amides is 1. The summed E-state index contributed by atoms with van der Waals surface area (Å²) in [4.78, 5) is 22.1. The standard InChI is InChI=1S/C12H23N3O2/c1-9(10-3-2-5-14-8-10)7-12(17)15-6-4-11(13)16/h9-10,14H,2-8H2,1H3,(H2,13,16)(H,15,17). The molecule has 0 aromatic carbocycles. The first-order valence-electron chi connectivity index (χ1n) is 6.35. The van der Waals surface area contributed by atoms with Gasteiger partial charge in [-0.3, -0.25) is 9.59 Å². The molecule has 2 unspecified atom stereocenters. The highest BCUT2D eigenvalue weighted by atomic mass is 16.2. The summed E-state index contributed by atoms with van der Waals surface area (Å²) < 4.78 is 0. The molecule has 17 heavy (non-hydrogen) atoms. The molecular formula is C12H23N3O2. The minimum Gasteiger partial charge on any atom is -0.370 e. The highest BCUT2D eigenvalue weighted by molar-refractivity contribution is 5.78. The summed E-state index contributed by atoms with van der Waals surface area (Å²) in [6.45, 7) is 4.57. The lowest BCUT2D eigenvalue weighted by Gasteiger charge is -2.27. The van der Waals surface area contributed by atoms with Crippen molar-refractivity contribution >= 4 is 11.8 Å². The first-order valence-corrected chi connectivity index (χ1v) is 6.35. The predicted octanol–water partition coefficient (Wildman–Crippen LogP) is 0.00380. The Labute approximate surface area is 103 Å². The lowest BCUT2D eigenvalue weighted by molar-refractivity contribution is -0.122. The Morgan fingerprint density at radius 2 is 2.29 bits per heavy atom. The highest BCUT2D eigenvalue weighted by Crippen LogP contribution is 2.22. The molecule has 5 heteroatoms. The molecule has 0 bridgehead atoms. The van der Waals surface area contributed by atoms with Crippen LogP contribution in [0.1, 0.15) is 32.6 Å². The molecule has 4 N–H and O–H groups in total. The van der Waals surface area contributed by atoms with Crippen molar-refractivity contribution in [1.82, 2.24) is 10.6 Å². The van der Waals surface area contributed by atoms with Crippen molar-refractivity contribution in [3.05, 3.63) is 0 Å². The Kier molecular flexibility index (Phi) is 5.97. The van der Waals surface area contributed by atoms with Gasteiger partial charge in [-0.2, -0.15) is 0 Å². The smallest absolute Gasteiger partial charge is 0.220 e. The van der Waals surface area contributed by atoms with E-state index in [-0.39, 0.29) is 18.2 Å². The summed E-state index contributed by atoms with van der Waals surface area (Å²) in [6.07, 6.45) is 3.14. The second-order valence-electron chi connectivity index (χ2n) is 4.85. The number of hydrogen-bond donors (Lipinski definition) is 3. The van der Waals surface area contributed by atoms with Crippen LogP contribution in [0.5, 0.6) is 0 Å². The number of nitrogens with two attached hydrogens (primary N) is 1. The first kappa shape index (κ1) is 14.0. The van der Waals surface area contributed by atoms with Gasteiger partial charge in [0.05, 0.1) is 0 Å². The minimum absolute atomic E-state index is 0.0179. The Hall–Kier alpha value is -1.10. The number of piperidine rings is 1. The number of hydrogen-bond acceptors (Lipinski definition) is 3. The molecule has 5 nitrogen and oxygen atoms in total. The number of nitrogens with one attached hydrogen (secondary N) is 2. The molecule has 0 radical (unpaired) electrons. The SMILES string of the molecule is CC(CC(=O)NCCC(N)=O)C1CCCNC1. The summed E-state index contributed by atoms with van der Waals surface area (Å²) in [6, 6.07) is 0. The van der Waals surface area contributed by atoms with Crippen LogP contribution in [0.15, 0.2) is 0 Å². The van der Waals surface area contributed by atoms with E-state index in [0.717, 1.165) is 13.1 Å². The Morgan fingerprint density at radius 3 is 2.88 bits per heavy atom. The predicted molar refractivity (Wildman–Crippen MR) is 66.2 cm³/mol. The third-order valence-electron chi connectivity index (χ3n) is 3.34. The van der Waals surface area contributed by atoms with E-state index in [1.807, 2.05) is 0 Å². The van der Waals surface area contributed by atoms with Crippen molar-refractivity contribution in [3.63, 3.8) is 0 Å². The summed E-state index contributed by atoms with van der Waals surface area (Å²) >= 11 is 0. The highest BCUT2D eigenvalue weighted by Gasteiger charge is 2.21. The Morgan fingerprint density at radius 1 is 1.53 bits per heavy atom. The van der Waals surface area contributed by atoms with Crippen LogP contribution in [0.3, 0.4) is 0 Å². The first-order chi connectivity index (χ1) is 8.09. The summed E-state index contributed by atoms with van der Waals surface area (Å²) in [5.74, 6) is 0.612. The molecule has 0 aromatic heterocycles. The molecule has 2 amide bonds. The molecule has 98 valence electrons. The van der Waals surface area contributed by atoms with E-state index in [0.29, 0.717) is 24.8 Å². The van der Waals surface area contributed by atoms with Crippen LogP contribution in [-0.4, -0.2) is 31.4 Å². The monoisotopic (exact) mass is 241 g/mol. The molecule has 1 fully saturated rings. The summed E-state index contributed by atoms with van der Waals surface area (Å²) in [7, 11) is 0. The zero-order valence-electron chi connectivity index (χ0n) is 10.5. The van der Waals surface area contributed by atoms with Gasteiger partial charge in [0, 0.05) is 19.4 Å². The van der Waals surface area contributed by atoms with E-state index in [9.17, 15) is 9.59 Å². The van der Waals surface area contributed by atoms with Gasteiger partial charge in [0.15, 0.2) is 0 Å². The van der Waals surface area contributed by atoms with E-state index in [1.54, 1.807) is 0 Å². The third-order valence-corrected chi connectivity index (χ3v) is 3.34. The molecule has 1 aliphatic heterocycles. The lowest BCUT2D eigenvalue weighted by Crippen LogP contribution is -2.36. The van der Waals surface area contributed by atoms with Crippen molar-refractivity contribution in [2.75, 3.05) is 19.6 Å². The summed E-state index contributed by atoms with van der Waals surface area (Å²) in [5, 5.41) is 6.08. The molecule has 0 aromatic rings. The molecule has 0 aliphatic carbocycles. The minimum atomic E-state index is -0.380. The number of rotatable bonds is 6. The van der Waals surface area contributed by atoms with Gasteiger partial charge in [-0.25, -0.2) is 0 Å². The van der Waals surface area contributed by atoms with Gasteiger partial charge in [0.2, 0.25) is 11.8 Å². The van der Waals surface area contributed by atoms with Gasteiger partial charge in [-0.1, -0.05) is 6.92 Å². The van der Waals surface area contributed by atoms with Crippen molar-refractivity contribution in [3.8, 4) is 0 Å². The van der Waals surface area contributed by atoms with Gasteiger partial charge in [-0.05, 0) is 37.8 Å². The third kappa shape index (κ3) is 5.68. The van der Waals surface area contributed by atoms with Crippen LogP contribution in [0, 0.1) is 11.8 Å². The molecule has 0 spiro atoms. The maximum absolute atomic E-state index is 11.6. The van der Waals surface area contributed by atoms with E-state index < -0.39 is 0 Å². The second-order valence-corrected chi connectivity index (χ2v) is 4.85. The second kappa shape index (κ2) is 7.27. The Bertz CT molecular complexity index is 262. The van der Waals surface area contributed by atoms with Crippen LogP contribution < -0.4 is 16.4 Å².